The number of hydrogen-bond donors (Lipinski definition) is 1. The Morgan fingerprint density at radius 3 is 2.26 bits per heavy atom. The smallest absolute Gasteiger partial charge is 0.401 e. The van der Waals surface area contributed by atoms with Crippen LogP contribution in [0.15, 0.2) is 48.5 Å². The molecule has 11 heteroatoms. The van der Waals surface area contributed by atoms with Gasteiger partial charge in [-0.25, -0.2) is 4.79 Å². The first-order valence-corrected chi connectivity index (χ1v) is 10.8. The van der Waals surface area contributed by atoms with Gasteiger partial charge >= 0.3 is 13.6 Å². The average molecular weight is 446 g/mol. The number of nitro benzene ring substituents is 1. The van der Waals surface area contributed by atoms with Crippen LogP contribution in [0.5, 0.6) is 5.75 Å². The summed E-state index contributed by atoms with van der Waals surface area (Å²) in [5, 5.41) is 11.2. The van der Waals surface area contributed by atoms with Crippen molar-refractivity contribution in [3.8, 4) is 5.75 Å². The van der Waals surface area contributed by atoms with E-state index in [1.165, 1.54) is 42.5 Å². The molecule has 1 heterocycles. The Morgan fingerprint density at radius 1 is 1.03 bits per heavy atom. The Labute approximate surface area is 176 Å². The molecule has 3 rings (SSSR count). The molecule has 3 aromatic rings. The molecule has 0 spiro atoms. The topological polar surface area (TPSA) is 138 Å². The number of H-pyrrole nitrogens is 1. The van der Waals surface area contributed by atoms with E-state index in [4.69, 9.17) is 13.8 Å². The van der Waals surface area contributed by atoms with Crippen molar-refractivity contribution >= 4 is 35.7 Å². The van der Waals surface area contributed by atoms with E-state index in [1.807, 2.05) is 0 Å². The van der Waals surface area contributed by atoms with Crippen LogP contribution >= 0.6 is 7.60 Å². The molecule has 0 aliphatic carbocycles. The minimum absolute atomic E-state index is 0.0497. The maximum Gasteiger partial charge on any atom is 0.401 e. The molecule has 0 amide bonds. The Bertz CT molecular complexity index is 1180. The van der Waals surface area contributed by atoms with Crippen LogP contribution in [0.1, 0.15) is 34.7 Å². The third-order valence-corrected chi connectivity index (χ3v) is 6.14. The standard InChI is InChI=1S/C20H19N2O8P/c1-3-28-31(27,29-4-2)20(24)13-5-10-17-14(11-13)12-18(21-17)19(23)30-16-8-6-15(7-9-16)22(25)26/h5-12,21H,3-4H2,1-2H3. The van der Waals surface area contributed by atoms with Gasteiger partial charge in [-0.1, -0.05) is 0 Å². The van der Waals surface area contributed by atoms with Gasteiger partial charge in [0.1, 0.15) is 11.4 Å². The van der Waals surface area contributed by atoms with Crippen molar-refractivity contribution in [2.45, 2.75) is 13.8 Å². The molecule has 162 valence electrons. The molecule has 0 saturated carbocycles. The lowest BCUT2D eigenvalue weighted by Crippen LogP contribution is -2.08. The van der Waals surface area contributed by atoms with E-state index in [-0.39, 0.29) is 35.9 Å². The van der Waals surface area contributed by atoms with Gasteiger partial charge in [0.05, 0.1) is 18.1 Å². The van der Waals surface area contributed by atoms with E-state index in [2.05, 4.69) is 4.98 Å². The second-order valence-electron chi connectivity index (χ2n) is 6.26. The number of carbonyl (C=O) groups is 2. The zero-order valence-corrected chi connectivity index (χ0v) is 17.6. The maximum absolute atomic E-state index is 12.7. The number of aromatic nitrogens is 1. The van der Waals surface area contributed by atoms with Crippen LogP contribution < -0.4 is 4.74 Å². The number of ether oxygens (including phenoxy) is 1. The Hall–Kier alpha value is -3.33. The fraction of sp³-hybridized carbons (Fsp3) is 0.200. The lowest BCUT2D eigenvalue weighted by Gasteiger charge is -2.15. The third kappa shape index (κ3) is 4.88. The minimum Gasteiger partial charge on any atom is -0.422 e. The van der Waals surface area contributed by atoms with Crippen LogP contribution in [0.4, 0.5) is 5.69 Å². The normalized spacial score (nSPS) is 11.4. The van der Waals surface area contributed by atoms with E-state index in [9.17, 15) is 24.3 Å². The summed E-state index contributed by atoms with van der Waals surface area (Å²) < 4.78 is 28.1. The van der Waals surface area contributed by atoms with Crippen molar-refractivity contribution in [2.75, 3.05) is 13.2 Å². The van der Waals surface area contributed by atoms with Crippen LogP contribution in [0.2, 0.25) is 0 Å². The summed E-state index contributed by atoms with van der Waals surface area (Å²) in [4.78, 5) is 38.1. The molecule has 0 saturated heterocycles. The predicted molar refractivity (Wildman–Crippen MR) is 112 cm³/mol. The van der Waals surface area contributed by atoms with Crippen molar-refractivity contribution in [3.63, 3.8) is 0 Å². The van der Waals surface area contributed by atoms with Crippen molar-refractivity contribution in [3.05, 3.63) is 69.9 Å². The van der Waals surface area contributed by atoms with Gasteiger partial charge < -0.3 is 18.8 Å². The second-order valence-corrected chi connectivity index (χ2v) is 8.18. The van der Waals surface area contributed by atoms with Crippen LogP contribution in [0.3, 0.4) is 0 Å². The second kappa shape index (κ2) is 9.22. The van der Waals surface area contributed by atoms with Gasteiger partial charge in [0.25, 0.3) is 11.2 Å². The van der Waals surface area contributed by atoms with E-state index in [0.717, 1.165) is 0 Å². The van der Waals surface area contributed by atoms with Crippen molar-refractivity contribution < 1.29 is 32.9 Å². The summed E-state index contributed by atoms with van der Waals surface area (Å²) in [6.45, 7) is 3.32. The van der Waals surface area contributed by atoms with Gasteiger partial charge in [0.2, 0.25) is 0 Å². The quantitative estimate of drug-likeness (QED) is 0.164. The predicted octanol–water partition coefficient (Wildman–Crippen LogP) is 4.70. The minimum atomic E-state index is -3.97. The molecule has 1 N–H and O–H groups in total. The number of nitrogens with one attached hydrogen (secondary N) is 1. The van der Waals surface area contributed by atoms with Crippen LogP contribution in [-0.2, 0) is 13.6 Å². The maximum atomic E-state index is 12.7. The number of aromatic amines is 1. The zero-order chi connectivity index (χ0) is 22.6. The first kappa shape index (κ1) is 22.4. The number of rotatable bonds is 9. The molecule has 0 aliphatic rings. The van der Waals surface area contributed by atoms with Crippen molar-refractivity contribution in [1.29, 1.82) is 0 Å². The molecule has 10 nitrogen and oxygen atoms in total. The fourth-order valence-electron chi connectivity index (χ4n) is 2.83. The number of nitro groups is 1. The molecule has 0 unspecified atom stereocenters. The Morgan fingerprint density at radius 2 is 1.68 bits per heavy atom. The number of esters is 1. The molecular weight excluding hydrogens is 427 g/mol. The van der Waals surface area contributed by atoms with Gasteiger partial charge in [-0.2, -0.15) is 0 Å². The molecule has 0 bridgehead atoms. The lowest BCUT2D eigenvalue weighted by molar-refractivity contribution is -0.384. The molecular formula is C20H19N2O8P. The van der Waals surface area contributed by atoms with Crippen LogP contribution in [0, 0.1) is 10.1 Å². The van der Waals surface area contributed by atoms with E-state index < -0.39 is 24.0 Å². The Balaban J connectivity index is 1.83. The van der Waals surface area contributed by atoms with E-state index >= 15 is 0 Å². The summed E-state index contributed by atoms with van der Waals surface area (Å²) in [5.74, 6) is -0.577. The summed E-state index contributed by atoms with van der Waals surface area (Å²) in [6.07, 6.45) is 0. The van der Waals surface area contributed by atoms with Gasteiger partial charge in [-0.3, -0.25) is 19.5 Å². The summed E-state index contributed by atoms with van der Waals surface area (Å²) in [6, 6.07) is 11.0. The van der Waals surface area contributed by atoms with Crippen molar-refractivity contribution in [1.82, 2.24) is 4.98 Å². The molecule has 1 aromatic heterocycles. The van der Waals surface area contributed by atoms with E-state index in [1.54, 1.807) is 19.9 Å². The first-order chi connectivity index (χ1) is 14.8. The SMILES string of the molecule is CCOP(=O)(OCC)C(=O)c1ccc2[nH]c(C(=O)Oc3ccc([N+](=O)[O-])cc3)cc2c1. The monoisotopic (exact) mass is 446 g/mol. The highest BCUT2D eigenvalue weighted by Crippen LogP contribution is 2.51. The number of nitrogens with zero attached hydrogens (tertiary/aromatic N) is 1. The van der Waals surface area contributed by atoms with Crippen molar-refractivity contribution in [2.24, 2.45) is 0 Å². The molecule has 0 radical (unpaired) electrons. The van der Waals surface area contributed by atoms with E-state index in [0.29, 0.717) is 10.9 Å². The third-order valence-electron chi connectivity index (χ3n) is 4.19. The van der Waals surface area contributed by atoms with Gasteiger partial charge in [0.15, 0.2) is 0 Å². The molecule has 2 aromatic carbocycles. The Kier molecular flexibility index (Phi) is 6.65. The van der Waals surface area contributed by atoms with Crippen LogP contribution in [-0.4, -0.2) is 34.6 Å². The number of fused-ring (bicyclic) bond motifs is 1. The lowest BCUT2D eigenvalue weighted by atomic mass is 10.2. The fourth-order valence-corrected chi connectivity index (χ4v) is 4.27. The number of benzene rings is 2. The number of non-ortho nitro benzene ring substituents is 1. The average Bonchev–Trinajstić information content (AvgIpc) is 3.17. The highest BCUT2D eigenvalue weighted by Gasteiger charge is 2.35. The molecule has 0 fully saturated rings. The van der Waals surface area contributed by atoms with Gasteiger partial charge in [-0.05, 0) is 50.2 Å². The molecule has 0 aliphatic heterocycles. The summed E-state index contributed by atoms with van der Waals surface area (Å²) in [5.41, 5.74) is -0.120. The van der Waals surface area contributed by atoms with Crippen LogP contribution in [0.25, 0.3) is 10.9 Å². The summed E-state index contributed by atoms with van der Waals surface area (Å²) in [7, 11) is -3.97. The summed E-state index contributed by atoms with van der Waals surface area (Å²) >= 11 is 0. The first-order valence-electron chi connectivity index (χ1n) is 9.30. The zero-order valence-electron chi connectivity index (χ0n) is 16.7. The van der Waals surface area contributed by atoms with Gasteiger partial charge in [-0.15, -0.1) is 0 Å². The highest BCUT2D eigenvalue weighted by molar-refractivity contribution is 7.72. The highest BCUT2D eigenvalue weighted by atomic mass is 31.2. The molecule has 31 heavy (non-hydrogen) atoms. The van der Waals surface area contributed by atoms with Gasteiger partial charge in [0, 0.05) is 28.6 Å². The molecule has 0 atom stereocenters. The largest absolute Gasteiger partial charge is 0.422 e. The number of carbonyl (C=O) groups excluding carboxylic acids is 2. The number of hydrogen-bond acceptors (Lipinski definition) is 8.